The molecule has 44 heavy (non-hydrogen) atoms. The van der Waals surface area contributed by atoms with Gasteiger partial charge < -0.3 is 20.1 Å². The van der Waals surface area contributed by atoms with E-state index in [1.165, 1.54) is 10.4 Å². The van der Waals surface area contributed by atoms with Gasteiger partial charge in [0.1, 0.15) is 5.75 Å². The highest BCUT2D eigenvalue weighted by atomic mass is 32.2. The molecule has 0 radical (unpaired) electrons. The van der Waals surface area contributed by atoms with Crippen molar-refractivity contribution in [3.05, 3.63) is 47.4 Å². The third kappa shape index (κ3) is 8.18. The van der Waals surface area contributed by atoms with Crippen molar-refractivity contribution in [2.24, 2.45) is 0 Å². The van der Waals surface area contributed by atoms with E-state index in [0.717, 1.165) is 39.6 Å². The van der Waals surface area contributed by atoms with Gasteiger partial charge in [-0.15, -0.1) is 11.3 Å². The summed E-state index contributed by atoms with van der Waals surface area (Å²) in [6.45, 7) is 7.06. The number of nitrogens with one attached hydrogen (secondary N) is 1. The summed E-state index contributed by atoms with van der Waals surface area (Å²) in [5.74, 6) is 0.928. The molecule has 0 saturated carbocycles. The summed E-state index contributed by atoms with van der Waals surface area (Å²) in [6, 6.07) is 9.02. The maximum absolute atomic E-state index is 12.9. The number of phenolic OH excluding ortho intramolecular Hbond substituents is 1. The van der Waals surface area contributed by atoms with Crippen molar-refractivity contribution >= 4 is 49.1 Å². The number of aromatic hydroxyl groups is 1. The van der Waals surface area contributed by atoms with E-state index < -0.39 is 10.0 Å². The summed E-state index contributed by atoms with van der Waals surface area (Å²) in [7, 11) is -3.52. The molecule has 2 aliphatic heterocycles. The molecule has 2 N–H and O–H groups in total. The van der Waals surface area contributed by atoms with Crippen molar-refractivity contribution in [3.63, 3.8) is 0 Å². The highest BCUT2D eigenvalue weighted by Gasteiger charge is 2.28. The van der Waals surface area contributed by atoms with E-state index in [9.17, 15) is 23.1 Å². The third-order valence-electron chi connectivity index (χ3n) is 7.56. The van der Waals surface area contributed by atoms with Crippen molar-refractivity contribution in [2.45, 2.75) is 26.3 Å². The maximum Gasteiger partial charge on any atom is 0.220 e. The molecule has 2 saturated heterocycles. The molecule has 2 aliphatic rings. The molecule has 0 unspecified atom stereocenters. The van der Waals surface area contributed by atoms with Crippen LogP contribution in [-0.2, 0) is 30.9 Å². The molecular weight excluding hydrogens is 605 g/mol. The first-order valence-corrected chi connectivity index (χ1v) is 17.2. The number of carbonyl (C=O) groups excluding carboxylic acids is 2. The van der Waals surface area contributed by atoms with Gasteiger partial charge in [-0.3, -0.25) is 14.5 Å². The van der Waals surface area contributed by atoms with Crippen LogP contribution in [0.25, 0.3) is 21.6 Å². The summed E-state index contributed by atoms with van der Waals surface area (Å²) in [4.78, 5) is 38.9. The number of morpholine rings is 1. The van der Waals surface area contributed by atoms with Crippen LogP contribution < -0.4 is 10.2 Å². The first kappa shape index (κ1) is 32.0. The number of fused-ring (bicyclic) bond motifs is 1. The van der Waals surface area contributed by atoms with Crippen LogP contribution in [0.3, 0.4) is 0 Å². The number of rotatable bonds is 12. The Labute approximate surface area is 261 Å². The zero-order valence-electron chi connectivity index (χ0n) is 24.8. The lowest BCUT2D eigenvalue weighted by Gasteiger charge is -2.33. The predicted octanol–water partition coefficient (Wildman–Crippen LogP) is 2.39. The van der Waals surface area contributed by atoms with E-state index in [4.69, 9.17) is 14.7 Å². The number of phenols is 1. The number of benzene rings is 1. The molecular formula is C30H38N6O6S2. The molecule has 1 amide bonds. The summed E-state index contributed by atoms with van der Waals surface area (Å²) in [5, 5.41) is 12.6. The molecule has 3 aromatic rings. The second-order valence-corrected chi connectivity index (χ2v) is 14.0. The van der Waals surface area contributed by atoms with Crippen LogP contribution in [-0.4, -0.2) is 109 Å². The Morgan fingerprint density at radius 1 is 1.07 bits per heavy atom. The fourth-order valence-electron chi connectivity index (χ4n) is 5.23. The summed E-state index contributed by atoms with van der Waals surface area (Å²) in [5.41, 5.74) is 1.58. The van der Waals surface area contributed by atoms with E-state index in [1.807, 2.05) is 6.07 Å². The number of thiophene rings is 1. The van der Waals surface area contributed by atoms with Crippen LogP contribution in [0.4, 0.5) is 5.82 Å². The zero-order valence-corrected chi connectivity index (χ0v) is 26.4. The highest BCUT2D eigenvalue weighted by molar-refractivity contribution is 7.89. The smallest absolute Gasteiger partial charge is 0.220 e. The quantitative estimate of drug-likeness (QED) is 0.283. The Morgan fingerprint density at radius 2 is 1.84 bits per heavy atom. The summed E-state index contributed by atoms with van der Waals surface area (Å²) >= 11 is 1.65. The van der Waals surface area contributed by atoms with Crippen molar-refractivity contribution in [3.8, 4) is 17.1 Å². The number of amides is 1. The third-order valence-corrected chi connectivity index (χ3v) is 10.5. The number of nitrogens with zero attached hydrogens (tertiary/aromatic N) is 5. The van der Waals surface area contributed by atoms with Crippen LogP contribution in [0.15, 0.2) is 42.5 Å². The van der Waals surface area contributed by atoms with Gasteiger partial charge in [-0.05, 0) is 31.2 Å². The minimum atomic E-state index is -3.52. The molecule has 236 valence electrons. The first-order valence-electron chi connectivity index (χ1n) is 14.8. The Balaban J connectivity index is 1.20. The van der Waals surface area contributed by atoms with Crippen molar-refractivity contribution in [2.75, 3.05) is 69.7 Å². The SMILES string of the molecule is CC=CC(=O)CCC(=O)NCCS(=O)(=O)N1CCN(Cc2cc3nc(-c4cccc(O)c4)nc(N4CCOCC4)c3s2)CC1. The van der Waals surface area contributed by atoms with Gasteiger partial charge in [0.05, 0.1) is 29.2 Å². The second-order valence-electron chi connectivity index (χ2n) is 10.8. The lowest BCUT2D eigenvalue weighted by Crippen LogP contribution is -2.49. The van der Waals surface area contributed by atoms with Gasteiger partial charge in [0.2, 0.25) is 15.9 Å². The molecule has 14 heteroatoms. The number of aromatic nitrogens is 2. The van der Waals surface area contributed by atoms with E-state index in [1.54, 1.807) is 42.5 Å². The van der Waals surface area contributed by atoms with E-state index >= 15 is 0 Å². The predicted molar refractivity (Wildman–Crippen MR) is 170 cm³/mol. The number of carbonyl (C=O) groups is 2. The molecule has 0 spiro atoms. The first-order chi connectivity index (χ1) is 21.2. The number of ether oxygens (including phenoxy) is 1. The molecule has 4 heterocycles. The molecule has 12 nitrogen and oxygen atoms in total. The molecule has 5 rings (SSSR count). The monoisotopic (exact) mass is 642 g/mol. The van der Waals surface area contributed by atoms with Gasteiger partial charge in [0, 0.05) is 75.6 Å². The zero-order chi connectivity index (χ0) is 31.1. The van der Waals surface area contributed by atoms with Crippen LogP contribution >= 0.6 is 11.3 Å². The summed E-state index contributed by atoms with van der Waals surface area (Å²) < 4.78 is 33.9. The number of piperazine rings is 1. The molecule has 0 bridgehead atoms. The normalized spacial score (nSPS) is 17.0. The number of anilines is 1. The maximum atomic E-state index is 12.9. The number of sulfonamides is 1. The van der Waals surface area contributed by atoms with E-state index in [0.29, 0.717) is 51.8 Å². The average Bonchev–Trinajstić information content (AvgIpc) is 3.42. The van der Waals surface area contributed by atoms with Gasteiger partial charge in [0.25, 0.3) is 0 Å². The van der Waals surface area contributed by atoms with E-state index in [-0.39, 0.29) is 42.6 Å². The molecule has 2 aromatic heterocycles. The Morgan fingerprint density at radius 3 is 2.57 bits per heavy atom. The van der Waals surface area contributed by atoms with Crippen LogP contribution in [0.1, 0.15) is 24.6 Å². The molecule has 0 atom stereocenters. The van der Waals surface area contributed by atoms with Crippen molar-refractivity contribution in [1.29, 1.82) is 0 Å². The largest absolute Gasteiger partial charge is 0.508 e. The van der Waals surface area contributed by atoms with Gasteiger partial charge in [-0.25, -0.2) is 18.4 Å². The standard InChI is InChI=1S/C30H38N6O6S2/c1-2-4-23(37)7-8-27(39)31-9-18-44(40,41)36-12-10-34(11-13-36)21-25-20-26-28(43-25)30(35-14-16-42-17-15-35)33-29(32-26)22-5-3-6-24(38)19-22/h2-6,19-20,38H,7-18,21H2,1H3,(H,31,39). The van der Waals surface area contributed by atoms with Crippen LogP contribution in [0.5, 0.6) is 5.75 Å². The molecule has 0 aliphatic carbocycles. The summed E-state index contributed by atoms with van der Waals surface area (Å²) in [6.07, 6.45) is 3.19. The fourth-order valence-corrected chi connectivity index (χ4v) is 7.73. The number of hydrogen-bond donors (Lipinski definition) is 2. The van der Waals surface area contributed by atoms with Gasteiger partial charge in [0.15, 0.2) is 17.4 Å². The van der Waals surface area contributed by atoms with E-state index in [2.05, 4.69) is 21.2 Å². The Kier molecular flexibility index (Phi) is 10.6. The van der Waals surface area contributed by atoms with Gasteiger partial charge >= 0.3 is 0 Å². The van der Waals surface area contributed by atoms with Gasteiger partial charge in [-0.1, -0.05) is 18.2 Å². The van der Waals surface area contributed by atoms with Gasteiger partial charge in [-0.2, -0.15) is 4.31 Å². The Hall–Kier alpha value is -3.43. The number of hydrogen-bond acceptors (Lipinski definition) is 11. The fraction of sp³-hybridized carbons (Fsp3) is 0.467. The minimum Gasteiger partial charge on any atom is -0.508 e. The minimum absolute atomic E-state index is 0.0120. The lowest BCUT2D eigenvalue weighted by atomic mass is 10.2. The number of allylic oxidation sites excluding steroid dienone is 2. The average molecular weight is 643 g/mol. The van der Waals surface area contributed by atoms with Crippen molar-refractivity contribution in [1.82, 2.24) is 24.5 Å². The highest BCUT2D eigenvalue weighted by Crippen LogP contribution is 2.35. The Bertz CT molecular complexity index is 1610. The van der Waals surface area contributed by atoms with Crippen LogP contribution in [0.2, 0.25) is 0 Å². The second kappa shape index (κ2) is 14.6. The molecule has 2 fully saturated rings. The molecule has 1 aromatic carbocycles. The lowest BCUT2D eigenvalue weighted by molar-refractivity contribution is -0.123. The number of ketones is 1. The van der Waals surface area contributed by atoms with Crippen LogP contribution in [0, 0.1) is 0 Å². The van der Waals surface area contributed by atoms with Crippen molar-refractivity contribution < 1.29 is 27.9 Å². The topological polar surface area (TPSA) is 145 Å².